The molecule has 50 heavy (non-hydrogen) atoms. The van der Waals surface area contributed by atoms with Crippen molar-refractivity contribution in [1.29, 1.82) is 0 Å². The van der Waals surface area contributed by atoms with E-state index in [0.717, 1.165) is 64.2 Å². The van der Waals surface area contributed by atoms with Gasteiger partial charge in [0, 0.05) is 13.0 Å². The number of carboxylic acid groups (broad SMARTS) is 2. The maximum Gasteiger partial charge on any atom is 0.326 e. The minimum Gasteiger partial charge on any atom is -0.481 e. The summed E-state index contributed by atoms with van der Waals surface area (Å²) in [5.41, 5.74) is 0. The molecule has 2 aliphatic rings. The Labute approximate surface area is 291 Å². The maximum atomic E-state index is 11.9. The summed E-state index contributed by atoms with van der Waals surface area (Å²) in [4.78, 5) is 33.6. The lowest BCUT2D eigenvalue weighted by molar-refractivity contribution is -0.367. The van der Waals surface area contributed by atoms with E-state index in [9.17, 15) is 50.1 Å². The second kappa shape index (κ2) is 24.0. The van der Waals surface area contributed by atoms with E-state index in [-0.39, 0.29) is 13.0 Å². The van der Waals surface area contributed by atoms with Gasteiger partial charge in [0.2, 0.25) is 5.91 Å². The lowest BCUT2D eigenvalue weighted by Gasteiger charge is -2.45. The van der Waals surface area contributed by atoms with Crippen LogP contribution in [0.4, 0.5) is 0 Å². The van der Waals surface area contributed by atoms with Crippen molar-refractivity contribution in [3.8, 4) is 0 Å². The monoisotopic (exact) mass is 723 g/mol. The molecule has 17 heteroatoms. The molecule has 2 rings (SSSR count). The van der Waals surface area contributed by atoms with Crippen LogP contribution in [-0.4, -0.2) is 151 Å². The minimum absolute atomic E-state index is 0.162. The molecule has 2 saturated heterocycles. The van der Waals surface area contributed by atoms with Crippen LogP contribution in [0.25, 0.3) is 0 Å². The third-order valence-corrected chi connectivity index (χ3v) is 8.71. The largest absolute Gasteiger partial charge is 0.481 e. The molecule has 11 atom stereocenters. The van der Waals surface area contributed by atoms with Crippen LogP contribution in [0.2, 0.25) is 0 Å². The number of carbonyl (C=O) groups excluding carboxylic acids is 1. The summed E-state index contributed by atoms with van der Waals surface area (Å²) < 4.78 is 22.4. The number of amides is 1. The number of aliphatic hydroxyl groups excluding tert-OH is 7. The van der Waals surface area contributed by atoms with Crippen LogP contribution in [0.15, 0.2) is 12.2 Å². The summed E-state index contributed by atoms with van der Waals surface area (Å²) >= 11 is 0. The highest BCUT2D eigenvalue weighted by Crippen LogP contribution is 2.30. The normalized spacial score (nSPS) is 30.7. The zero-order chi connectivity index (χ0) is 37.1. The first-order chi connectivity index (χ1) is 23.9. The summed E-state index contributed by atoms with van der Waals surface area (Å²) in [6, 6.07) is -1.42. The molecule has 1 amide bonds. The Morgan fingerprint density at radius 3 is 1.74 bits per heavy atom. The fraction of sp³-hybridized carbons (Fsp3) is 0.848. The molecular weight excluding hydrogens is 666 g/mol. The Bertz CT molecular complexity index is 1010. The Morgan fingerprint density at radius 1 is 0.660 bits per heavy atom. The first-order valence-corrected chi connectivity index (χ1v) is 17.5. The third-order valence-electron chi connectivity index (χ3n) is 8.71. The fourth-order valence-electron chi connectivity index (χ4n) is 5.72. The predicted molar refractivity (Wildman–Crippen MR) is 173 cm³/mol. The SMILES string of the molecule is O=C(O)CC(NC(=O)CCCCCCC/C=C\CCCCCCCO[C@@H]1O[C@H](CO)[C@@H](O)[C@H](O)[C@H]1O[C@@H]1O[C@H](CO)[C@@H](O)[C@H](O)[C@H]1O)C(=O)O. The van der Waals surface area contributed by atoms with E-state index in [2.05, 4.69) is 17.5 Å². The number of rotatable bonds is 25. The van der Waals surface area contributed by atoms with Gasteiger partial charge in [0.1, 0.15) is 54.9 Å². The minimum atomic E-state index is -1.73. The van der Waals surface area contributed by atoms with Crippen LogP contribution < -0.4 is 5.32 Å². The highest BCUT2D eigenvalue weighted by molar-refractivity contribution is 5.86. The van der Waals surface area contributed by atoms with Gasteiger partial charge in [-0.05, 0) is 38.5 Å². The first kappa shape index (κ1) is 43.9. The second-order valence-corrected chi connectivity index (χ2v) is 12.8. The van der Waals surface area contributed by atoms with Gasteiger partial charge >= 0.3 is 11.9 Å². The van der Waals surface area contributed by atoms with E-state index in [4.69, 9.17) is 29.2 Å². The number of carbonyl (C=O) groups is 3. The van der Waals surface area contributed by atoms with Crippen LogP contribution in [0.1, 0.15) is 89.9 Å². The number of nitrogens with one attached hydrogen (secondary N) is 1. The summed E-state index contributed by atoms with van der Waals surface area (Å²) in [6.07, 6.45) is -0.0976. The summed E-state index contributed by atoms with van der Waals surface area (Å²) in [7, 11) is 0. The van der Waals surface area contributed by atoms with Gasteiger partial charge in [-0.25, -0.2) is 4.79 Å². The fourth-order valence-corrected chi connectivity index (χ4v) is 5.72. The van der Waals surface area contributed by atoms with Crippen LogP contribution in [-0.2, 0) is 33.3 Å². The lowest BCUT2D eigenvalue weighted by atomic mass is 9.97. The molecule has 2 heterocycles. The molecule has 0 saturated carbocycles. The summed E-state index contributed by atoms with van der Waals surface area (Å²) in [6.45, 7) is -1.06. The standard InChI is InChI=1S/C33H57NO16/c35-18-21-25(40)27(42)29(44)32(48-21)50-30-28(43)26(41)22(19-36)49-33(30)47-16-14-12-10-8-6-4-2-1-3-5-7-9-11-13-15-23(37)34-20(31(45)46)17-24(38)39/h1-2,20-22,25-30,32-33,35-36,40-44H,3-19H2,(H,34,37)(H,38,39)(H,45,46)/b2-1-/t20?,21-,22-,25-,26-,27+,28+,29-,30-,32+,33-/m1/s1. The average Bonchev–Trinajstić information content (AvgIpc) is 3.08. The molecule has 2 aliphatic heterocycles. The Hall–Kier alpha value is -2.29. The van der Waals surface area contributed by atoms with Crippen molar-refractivity contribution in [1.82, 2.24) is 5.32 Å². The van der Waals surface area contributed by atoms with Crippen molar-refractivity contribution < 1.29 is 79.3 Å². The molecule has 0 bridgehead atoms. The number of allylic oxidation sites excluding steroid dienone is 2. The number of unbranched alkanes of at least 4 members (excludes halogenated alkanes) is 10. The number of aliphatic carboxylic acids is 2. The third kappa shape index (κ3) is 15.1. The molecule has 0 aromatic rings. The Balaban J connectivity index is 1.56. The molecule has 0 aromatic heterocycles. The first-order valence-electron chi connectivity index (χ1n) is 17.5. The highest BCUT2D eigenvalue weighted by Gasteiger charge is 2.50. The van der Waals surface area contributed by atoms with E-state index in [0.29, 0.717) is 12.8 Å². The van der Waals surface area contributed by atoms with Gasteiger partial charge in [0.05, 0.1) is 19.6 Å². The number of ether oxygens (including phenoxy) is 4. The Kier molecular flexibility index (Phi) is 21.1. The van der Waals surface area contributed by atoms with Crippen LogP contribution in [0.3, 0.4) is 0 Å². The number of hydrogen-bond donors (Lipinski definition) is 10. The van der Waals surface area contributed by atoms with Gasteiger partial charge in [0.25, 0.3) is 0 Å². The number of aliphatic hydroxyl groups is 7. The van der Waals surface area contributed by atoms with Crippen molar-refractivity contribution in [3.05, 3.63) is 12.2 Å². The Morgan fingerprint density at radius 2 is 1.18 bits per heavy atom. The molecule has 290 valence electrons. The summed E-state index contributed by atoms with van der Waals surface area (Å²) in [5.74, 6) is -3.11. The topological polar surface area (TPSA) is 282 Å². The van der Waals surface area contributed by atoms with Crippen molar-refractivity contribution in [2.75, 3.05) is 19.8 Å². The second-order valence-electron chi connectivity index (χ2n) is 12.8. The van der Waals surface area contributed by atoms with Crippen molar-refractivity contribution in [2.45, 2.75) is 157 Å². The van der Waals surface area contributed by atoms with E-state index in [1.807, 2.05) is 0 Å². The van der Waals surface area contributed by atoms with Gasteiger partial charge in [-0.1, -0.05) is 50.7 Å². The van der Waals surface area contributed by atoms with Crippen molar-refractivity contribution >= 4 is 17.8 Å². The van der Waals surface area contributed by atoms with E-state index in [1.54, 1.807) is 0 Å². The van der Waals surface area contributed by atoms with Crippen LogP contribution >= 0.6 is 0 Å². The molecular formula is C33H57NO16. The number of hydrogen-bond acceptors (Lipinski definition) is 14. The van der Waals surface area contributed by atoms with Gasteiger partial charge in [0.15, 0.2) is 12.6 Å². The molecule has 10 N–H and O–H groups in total. The molecule has 0 aliphatic carbocycles. The van der Waals surface area contributed by atoms with Crippen LogP contribution in [0, 0.1) is 0 Å². The predicted octanol–water partition coefficient (Wildman–Crippen LogP) is -0.701. The van der Waals surface area contributed by atoms with Gasteiger partial charge < -0.3 is 70.2 Å². The van der Waals surface area contributed by atoms with Crippen LogP contribution in [0.5, 0.6) is 0 Å². The quantitative estimate of drug-likeness (QED) is 0.0412. The number of carboxylic acids is 2. The zero-order valence-corrected chi connectivity index (χ0v) is 28.4. The van der Waals surface area contributed by atoms with Crippen molar-refractivity contribution in [3.63, 3.8) is 0 Å². The molecule has 2 fully saturated rings. The molecule has 1 unspecified atom stereocenters. The maximum absolute atomic E-state index is 11.9. The zero-order valence-electron chi connectivity index (χ0n) is 28.4. The molecule has 17 nitrogen and oxygen atoms in total. The lowest BCUT2D eigenvalue weighted by Crippen LogP contribution is -2.64. The van der Waals surface area contributed by atoms with E-state index < -0.39 is 105 Å². The van der Waals surface area contributed by atoms with Crippen molar-refractivity contribution in [2.24, 2.45) is 0 Å². The molecule has 0 aromatic carbocycles. The summed E-state index contributed by atoms with van der Waals surface area (Å²) in [5, 5.41) is 90.4. The molecule has 0 radical (unpaired) electrons. The van der Waals surface area contributed by atoms with Gasteiger partial charge in [-0.2, -0.15) is 0 Å². The average molecular weight is 724 g/mol. The van der Waals surface area contributed by atoms with E-state index in [1.165, 1.54) is 0 Å². The van der Waals surface area contributed by atoms with E-state index >= 15 is 0 Å². The van der Waals surface area contributed by atoms with Gasteiger partial charge in [-0.3, -0.25) is 9.59 Å². The van der Waals surface area contributed by atoms with Gasteiger partial charge in [-0.15, -0.1) is 0 Å². The highest BCUT2D eigenvalue weighted by atomic mass is 16.8. The molecule has 0 spiro atoms. The smallest absolute Gasteiger partial charge is 0.326 e.